The van der Waals surface area contributed by atoms with Gasteiger partial charge < -0.3 is 9.47 Å². The minimum atomic E-state index is -0.477. The minimum absolute atomic E-state index is 0.167. The molecule has 3 rings (SSSR count). The summed E-state index contributed by atoms with van der Waals surface area (Å²) in [6.07, 6.45) is 4.74. The zero-order valence-corrected chi connectivity index (χ0v) is 20.8. The molecule has 0 radical (unpaired) electrons. The average Bonchev–Trinajstić information content (AvgIpc) is 2.84. The van der Waals surface area contributed by atoms with Crippen LogP contribution in [0.5, 0.6) is 11.5 Å². The van der Waals surface area contributed by atoms with Gasteiger partial charge in [-0.05, 0) is 67.8 Å². The van der Waals surface area contributed by atoms with E-state index in [1.165, 1.54) is 11.8 Å². The zero-order valence-electron chi connectivity index (χ0n) is 19.2. The fourth-order valence-electron chi connectivity index (χ4n) is 3.05. The van der Waals surface area contributed by atoms with Crippen LogP contribution in [-0.4, -0.2) is 24.7 Å². The van der Waals surface area contributed by atoms with E-state index >= 15 is 0 Å². The lowest BCUT2D eigenvalue weighted by Crippen LogP contribution is -2.24. The summed E-state index contributed by atoms with van der Waals surface area (Å²) in [5.74, 6) is 0.0671. The number of rotatable bonds is 10. The maximum atomic E-state index is 12.5. The van der Waals surface area contributed by atoms with E-state index in [2.05, 4.69) is 33.4 Å². The van der Waals surface area contributed by atoms with Crippen molar-refractivity contribution in [1.29, 1.82) is 0 Å². The number of nitrogens with zero attached hydrogens (tertiary/aromatic N) is 1. The lowest BCUT2D eigenvalue weighted by Gasteiger charge is -2.09. The molecule has 0 spiro atoms. The van der Waals surface area contributed by atoms with Crippen molar-refractivity contribution in [2.45, 2.75) is 33.1 Å². The van der Waals surface area contributed by atoms with Gasteiger partial charge in [0.25, 0.3) is 5.91 Å². The SMILES string of the molecule is CCCCc1ccc(OCC(=O)N/N=C\c2cc(Br)ccc2OC(=O)c2ccc(C)cc2)cc1. The first kappa shape index (κ1) is 25.2. The van der Waals surface area contributed by atoms with Gasteiger partial charge in [-0.15, -0.1) is 0 Å². The highest BCUT2D eigenvalue weighted by molar-refractivity contribution is 9.10. The molecule has 0 aliphatic carbocycles. The van der Waals surface area contributed by atoms with Crippen LogP contribution in [0.2, 0.25) is 0 Å². The summed E-state index contributed by atoms with van der Waals surface area (Å²) in [6.45, 7) is 3.94. The number of halogens is 1. The zero-order chi connectivity index (χ0) is 24.3. The Labute approximate surface area is 208 Å². The van der Waals surface area contributed by atoms with Crippen molar-refractivity contribution in [3.05, 3.63) is 93.5 Å². The number of hydrazone groups is 1. The van der Waals surface area contributed by atoms with E-state index in [9.17, 15) is 9.59 Å². The van der Waals surface area contributed by atoms with Gasteiger partial charge in [-0.1, -0.05) is 59.1 Å². The second kappa shape index (κ2) is 12.7. The smallest absolute Gasteiger partial charge is 0.343 e. The molecule has 0 aliphatic rings. The maximum absolute atomic E-state index is 12.5. The van der Waals surface area contributed by atoms with Crippen LogP contribution in [0.4, 0.5) is 0 Å². The number of ether oxygens (including phenoxy) is 2. The molecule has 3 aromatic carbocycles. The van der Waals surface area contributed by atoms with Gasteiger partial charge >= 0.3 is 5.97 Å². The first-order chi connectivity index (χ1) is 16.4. The first-order valence-electron chi connectivity index (χ1n) is 11.1. The molecular weight excluding hydrogens is 496 g/mol. The number of carbonyl (C=O) groups is 2. The Hall–Kier alpha value is -3.45. The van der Waals surface area contributed by atoms with Crippen molar-refractivity contribution in [2.24, 2.45) is 5.10 Å². The van der Waals surface area contributed by atoms with E-state index in [1.807, 2.05) is 43.3 Å². The van der Waals surface area contributed by atoms with Crippen molar-refractivity contribution in [3.8, 4) is 11.5 Å². The van der Waals surface area contributed by atoms with Crippen LogP contribution in [0.3, 0.4) is 0 Å². The van der Waals surface area contributed by atoms with Gasteiger partial charge in [-0.3, -0.25) is 4.79 Å². The maximum Gasteiger partial charge on any atom is 0.343 e. The summed E-state index contributed by atoms with van der Waals surface area (Å²) in [5, 5.41) is 3.98. The highest BCUT2D eigenvalue weighted by Crippen LogP contribution is 2.23. The number of esters is 1. The molecule has 1 N–H and O–H groups in total. The van der Waals surface area contributed by atoms with Crippen molar-refractivity contribution in [2.75, 3.05) is 6.61 Å². The molecular formula is C27H27BrN2O4. The first-order valence-corrected chi connectivity index (χ1v) is 11.9. The number of hydrogen-bond acceptors (Lipinski definition) is 5. The Kier molecular flexibility index (Phi) is 9.40. The van der Waals surface area contributed by atoms with Gasteiger partial charge in [0.05, 0.1) is 11.8 Å². The van der Waals surface area contributed by atoms with Gasteiger partial charge in [0.15, 0.2) is 6.61 Å². The second-order valence-corrected chi connectivity index (χ2v) is 8.68. The third-order valence-corrected chi connectivity index (χ3v) is 5.46. The van der Waals surface area contributed by atoms with Crippen LogP contribution in [0.15, 0.2) is 76.3 Å². The molecule has 7 heteroatoms. The van der Waals surface area contributed by atoms with Crippen LogP contribution >= 0.6 is 15.9 Å². The molecule has 0 aliphatic heterocycles. The van der Waals surface area contributed by atoms with Crippen molar-refractivity contribution in [1.82, 2.24) is 5.43 Å². The molecule has 0 saturated carbocycles. The summed E-state index contributed by atoms with van der Waals surface area (Å²) in [4.78, 5) is 24.6. The summed E-state index contributed by atoms with van der Waals surface area (Å²) < 4.78 is 11.8. The standard InChI is InChI=1S/C27H27BrN2O4/c1-3-4-5-20-8-13-24(14-9-20)33-18-26(31)30-29-17-22-16-23(28)12-15-25(22)34-27(32)21-10-6-19(2)7-11-21/h6-17H,3-5,18H2,1-2H3,(H,30,31)/b29-17-. The van der Waals surface area contributed by atoms with E-state index < -0.39 is 11.9 Å². The summed E-state index contributed by atoms with van der Waals surface area (Å²) in [6, 6.07) is 20.0. The molecule has 0 bridgehead atoms. The van der Waals surface area contributed by atoms with Crippen LogP contribution in [0.25, 0.3) is 0 Å². The molecule has 0 saturated heterocycles. The Morgan fingerprint density at radius 1 is 1.03 bits per heavy atom. The van der Waals surface area contributed by atoms with E-state index in [0.717, 1.165) is 29.3 Å². The van der Waals surface area contributed by atoms with Crippen molar-refractivity contribution >= 4 is 34.0 Å². The Balaban J connectivity index is 1.55. The van der Waals surface area contributed by atoms with E-state index in [1.54, 1.807) is 30.3 Å². The predicted molar refractivity (Wildman–Crippen MR) is 137 cm³/mol. The number of benzene rings is 3. The van der Waals surface area contributed by atoms with Gasteiger partial charge in [0.2, 0.25) is 0 Å². The highest BCUT2D eigenvalue weighted by Gasteiger charge is 2.12. The summed E-state index contributed by atoms with van der Waals surface area (Å²) in [7, 11) is 0. The summed E-state index contributed by atoms with van der Waals surface area (Å²) >= 11 is 3.40. The molecule has 0 atom stereocenters. The Morgan fingerprint density at radius 3 is 2.47 bits per heavy atom. The number of aryl methyl sites for hydroxylation is 2. The number of hydrogen-bond donors (Lipinski definition) is 1. The fraction of sp³-hybridized carbons (Fsp3) is 0.222. The Morgan fingerprint density at radius 2 is 1.76 bits per heavy atom. The van der Waals surface area contributed by atoms with Crippen LogP contribution in [0.1, 0.15) is 46.8 Å². The predicted octanol–water partition coefficient (Wildman–Crippen LogP) is 5.85. The van der Waals surface area contributed by atoms with Gasteiger partial charge in [-0.25, -0.2) is 10.2 Å². The molecule has 176 valence electrons. The minimum Gasteiger partial charge on any atom is -0.484 e. The molecule has 3 aromatic rings. The highest BCUT2D eigenvalue weighted by atomic mass is 79.9. The molecule has 34 heavy (non-hydrogen) atoms. The number of carbonyl (C=O) groups excluding carboxylic acids is 2. The lowest BCUT2D eigenvalue weighted by molar-refractivity contribution is -0.123. The third-order valence-electron chi connectivity index (χ3n) is 4.97. The number of amides is 1. The summed E-state index contributed by atoms with van der Waals surface area (Å²) in [5.41, 5.74) is 5.70. The van der Waals surface area contributed by atoms with Crippen LogP contribution in [-0.2, 0) is 11.2 Å². The quantitative estimate of drug-likeness (QED) is 0.157. The molecule has 0 heterocycles. The van der Waals surface area contributed by atoms with Crippen molar-refractivity contribution < 1.29 is 19.1 Å². The van der Waals surface area contributed by atoms with Gasteiger partial charge in [-0.2, -0.15) is 5.10 Å². The third kappa shape index (κ3) is 7.85. The van der Waals surface area contributed by atoms with Crippen LogP contribution in [0, 0.1) is 6.92 Å². The van der Waals surface area contributed by atoms with E-state index in [4.69, 9.17) is 9.47 Å². The van der Waals surface area contributed by atoms with E-state index in [-0.39, 0.29) is 6.61 Å². The molecule has 0 unspecified atom stereocenters. The van der Waals surface area contributed by atoms with E-state index in [0.29, 0.717) is 22.6 Å². The second-order valence-electron chi connectivity index (χ2n) is 7.77. The fourth-order valence-corrected chi connectivity index (χ4v) is 3.43. The molecule has 0 aromatic heterocycles. The van der Waals surface area contributed by atoms with Crippen LogP contribution < -0.4 is 14.9 Å². The monoisotopic (exact) mass is 522 g/mol. The molecule has 6 nitrogen and oxygen atoms in total. The number of unbranched alkanes of at least 4 members (excludes halogenated alkanes) is 1. The van der Waals surface area contributed by atoms with Crippen molar-refractivity contribution in [3.63, 3.8) is 0 Å². The normalized spacial score (nSPS) is 10.8. The average molecular weight is 523 g/mol. The Bertz CT molecular complexity index is 1140. The molecule has 0 fully saturated rings. The largest absolute Gasteiger partial charge is 0.484 e. The topological polar surface area (TPSA) is 77.0 Å². The molecule has 1 amide bonds. The van der Waals surface area contributed by atoms with Gasteiger partial charge in [0, 0.05) is 10.0 Å². The number of nitrogens with one attached hydrogen (secondary N) is 1. The lowest BCUT2D eigenvalue weighted by atomic mass is 10.1. The van der Waals surface area contributed by atoms with Gasteiger partial charge in [0.1, 0.15) is 11.5 Å².